The van der Waals surface area contributed by atoms with Gasteiger partial charge in [0.1, 0.15) is 4.21 Å². The Morgan fingerprint density at radius 3 is 2.45 bits per heavy atom. The first-order valence-corrected chi connectivity index (χ1v) is 8.50. The molecule has 3 nitrogen and oxygen atoms in total. The Hall–Kier alpha value is -1.56. The number of sulfonamides is 1. The highest BCUT2D eigenvalue weighted by Gasteiger charge is 2.17. The van der Waals surface area contributed by atoms with Crippen LogP contribution in [0.3, 0.4) is 0 Å². The topological polar surface area (TPSA) is 46.2 Å². The van der Waals surface area contributed by atoms with Gasteiger partial charge in [0.2, 0.25) is 0 Å². The van der Waals surface area contributed by atoms with Gasteiger partial charge in [0.15, 0.2) is 0 Å². The lowest BCUT2D eigenvalue weighted by atomic mass is 10.1. The van der Waals surface area contributed by atoms with E-state index >= 15 is 0 Å². The van der Waals surface area contributed by atoms with Crippen molar-refractivity contribution in [1.82, 2.24) is 0 Å². The van der Waals surface area contributed by atoms with E-state index in [0.29, 0.717) is 10.0 Å². The molecule has 0 fully saturated rings. The monoisotopic (exact) mass is 323 g/mol. The third-order valence-electron chi connectivity index (χ3n) is 2.85. The summed E-state index contributed by atoms with van der Waals surface area (Å²) in [6, 6.07) is 16.2. The summed E-state index contributed by atoms with van der Waals surface area (Å²) in [6.45, 7) is 0. The summed E-state index contributed by atoms with van der Waals surface area (Å²) in [5, 5.41) is 1.85. The van der Waals surface area contributed by atoms with Crippen LogP contribution >= 0.6 is 22.9 Å². The highest BCUT2D eigenvalue weighted by Crippen LogP contribution is 2.29. The molecule has 3 rings (SSSR count). The van der Waals surface area contributed by atoms with Crippen LogP contribution in [0.2, 0.25) is 4.34 Å². The van der Waals surface area contributed by atoms with Gasteiger partial charge in [0.25, 0.3) is 10.0 Å². The summed E-state index contributed by atoms with van der Waals surface area (Å²) in [4.78, 5) is 0. The fraction of sp³-hybridized carbons (Fsp3) is 0. The molecule has 0 amide bonds. The van der Waals surface area contributed by atoms with Crippen molar-refractivity contribution in [3.05, 3.63) is 58.9 Å². The average molecular weight is 324 g/mol. The summed E-state index contributed by atoms with van der Waals surface area (Å²) < 4.78 is 27.9. The number of anilines is 1. The van der Waals surface area contributed by atoms with E-state index in [-0.39, 0.29) is 4.21 Å². The maximum atomic E-state index is 12.3. The largest absolute Gasteiger partial charge is 0.278 e. The molecule has 3 aromatic rings. The first-order chi connectivity index (χ1) is 9.56. The molecule has 6 heteroatoms. The van der Waals surface area contributed by atoms with E-state index in [4.69, 9.17) is 11.6 Å². The number of thiophene rings is 1. The predicted octanol–water partition coefficient (Wildman–Crippen LogP) is 4.36. The van der Waals surface area contributed by atoms with E-state index in [2.05, 4.69) is 4.72 Å². The van der Waals surface area contributed by atoms with Gasteiger partial charge in [-0.25, -0.2) is 8.42 Å². The maximum Gasteiger partial charge on any atom is 0.271 e. The number of fused-ring (bicyclic) bond motifs is 1. The summed E-state index contributed by atoms with van der Waals surface area (Å²) in [7, 11) is -3.60. The minimum Gasteiger partial charge on any atom is -0.278 e. The van der Waals surface area contributed by atoms with Crippen molar-refractivity contribution < 1.29 is 8.42 Å². The van der Waals surface area contributed by atoms with Gasteiger partial charge in [-0.3, -0.25) is 4.72 Å². The molecule has 0 spiro atoms. The maximum absolute atomic E-state index is 12.3. The van der Waals surface area contributed by atoms with Crippen molar-refractivity contribution in [3.63, 3.8) is 0 Å². The molecule has 0 aliphatic heterocycles. The van der Waals surface area contributed by atoms with E-state index in [1.54, 1.807) is 12.1 Å². The Labute approximate surface area is 125 Å². The molecule has 0 aliphatic rings. The van der Waals surface area contributed by atoms with Crippen molar-refractivity contribution in [2.45, 2.75) is 4.21 Å². The molecular formula is C14H10ClNO2S2. The smallest absolute Gasteiger partial charge is 0.271 e. The zero-order chi connectivity index (χ0) is 14.2. The molecule has 1 aromatic heterocycles. The number of hydrogen-bond donors (Lipinski definition) is 1. The molecule has 1 heterocycles. The number of nitrogens with one attached hydrogen (secondary N) is 1. The van der Waals surface area contributed by atoms with Gasteiger partial charge in [-0.15, -0.1) is 11.3 Å². The zero-order valence-corrected chi connectivity index (χ0v) is 12.6. The second-order valence-corrected chi connectivity index (χ2v) is 7.82. The minimum absolute atomic E-state index is 0.204. The minimum atomic E-state index is -3.60. The lowest BCUT2D eigenvalue weighted by Crippen LogP contribution is -2.11. The second kappa shape index (κ2) is 5.09. The van der Waals surface area contributed by atoms with Gasteiger partial charge in [-0.2, -0.15) is 0 Å². The molecule has 0 saturated heterocycles. The SMILES string of the molecule is O=S(=O)(Nc1cccc2ccccc12)c1ccc(Cl)s1. The van der Waals surface area contributed by atoms with Crippen molar-refractivity contribution >= 4 is 49.4 Å². The molecule has 0 atom stereocenters. The predicted molar refractivity (Wildman–Crippen MR) is 84.1 cm³/mol. The highest BCUT2D eigenvalue weighted by molar-refractivity contribution is 7.94. The normalized spacial score (nSPS) is 11.7. The summed E-state index contributed by atoms with van der Waals surface area (Å²) >= 11 is 6.83. The van der Waals surface area contributed by atoms with Crippen LogP contribution in [0.5, 0.6) is 0 Å². The van der Waals surface area contributed by atoms with Crippen LogP contribution in [-0.2, 0) is 10.0 Å². The number of hydrogen-bond acceptors (Lipinski definition) is 3. The number of benzene rings is 2. The van der Waals surface area contributed by atoms with Crippen LogP contribution in [0, 0.1) is 0 Å². The Balaban J connectivity index is 2.05. The fourth-order valence-electron chi connectivity index (χ4n) is 1.95. The van der Waals surface area contributed by atoms with Crippen LogP contribution < -0.4 is 4.72 Å². The van der Waals surface area contributed by atoms with Gasteiger partial charge in [-0.05, 0) is 23.6 Å². The standard InChI is InChI=1S/C14H10ClNO2S2/c15-13-8-9-14(19-13)20(17,18)16-12-7-3-5-10-4-1-2-6-11(10)12/h1-9,16H. The molecule has 102 valence electrons. The molecule has 2 aromatic carbocycles. The third kappa shape index (κ3) is 2.52. The van der Waals surface area contributed by atoms with Crippen molar-refractivity contribution in [2.75, 3.05) is 4.72 Å². The van der Waals surface area contributed by atoms with E-state index in [0.717, 1.165) is 22.1 Å². The number of halogens is 1. The molecule has 1 N–H and O–H groups in total. The Bertz CT molecular complexity index is 866. The van der Waals surface area contributed by atoms with Gasteiger partial charge in [0.05, 0.1) is 10.0 Å². The van der Waals surface area contributed by atoms with Crippen LogP contribution in [0.1, 0.15) is 0 Å². The van der Waals surface area contributed by atoms with Gasteiger partial charge in [-0.1, -0.05) is 48.0 Å². The highest BCUT2D eigenvalue weighted by atomic mass is 35.5. The summed E-state index contributed by atoms with van der Waals surface area (Å²) in [5.41, 5.74) is 0.563. The summed E-state index contributed by atoms with van der Waals surface area (Å²) in [6.07, 6.45) is 0. The van der Waals surface area contributed by atoms with E-state index in [9.17, 15) is 8.42 Å². The van der Waals surface area contributed by atoms with Crippen molar-refractivity contribution in [3.8, 4) is 0 Å². The first kappa shape index (κ1) is 13.4. The average Bonchev–Trinajstić information content (AvgIpc) is 2.86. The molecule has 0 unspecified atom stereocenters. The Morgan fingerprint density at radius 1 is 0.950 bits per heavy atom. The quantitative estimate of drug-likeness (QED) is 0.778. The second-order valence-electron chi connectivity index (χ2n) is 4.19. The molecule has 20 heavy (non-hydrogen) atoms. The third-order valence-corrected chi connectivity index (χ3v) is 5.94. The first-order valence-electron chi connectivity index (χ1n) is 5.82. The van der Waals surface area contributed by atoms with Crippen molar-refractivity contribution in [2.24, 2.45) is 0 Å². The molecule has 0 radical (unpaired) electrons. The lowest BCUT2D eigenvalue weighted by Gasteiger charge is -2.09. The molecular weight excluding hydrogens is 314 g/mol. The number of rotatable bonds is 3. The molecule has 0 aliphatic carbocycles. The Morgan fingerprint density at radius 2 is 1.70 bits per heavy atom. The molecule has 0 bridgehead atoms. The van der Waals surface area contributed by atoms with Crippen LogP contribution in [0.25, 0.3) is 10.8 Å². The van der Waals surface area contributed by atoms with E-state index in [1.807, 2.05) is 36.4 Å². The van der Waals surface area contributed by atoms with E-state index < -0.39 is 10.0 Å². The zero-order valence-electron chi connectivity index (χ0n) is 10.2. The van der Waals surface area contributed by atoms with Crippen molar-refractivity contribution in [1.29, 1.82) is 0 Å². The van der Waals surface area contributed by atoms with Gasteiger partial charge < -0.3 is 0 Å². The van der Waals surface area contributed by atoms with Gasteiger partial charge in [0, 0.05) is 5.39 Å². The van der Waals surface area contributed by atoms with Crippen LogP contribution in [0.15, 0.2) is 58.8 Å². The van der Waals surface area contributed by atoms with E-state index in [1.165, 1.54) is 6.07 Å². The summed E-state index contributed by atoms with van der Waals surface area (Å²) in [5.74, 6) is 0. The Kier molecular flexibility index (Phi) is 3.41. The molecule has 0 saturated carbocycles. The fourth-order valence-corrected chi connectivity index (χ4v) is 4.51. The van der Waals surface area contributed by atoms with Gasteiger partial charge >= 0.3 is 0 Å². The van der Waals surface area contributed by atoms with Crippen LogP contribution in [0.4, 0.5) is 5.69 Å². The van der Waals surface area contributed by atoms with Crippen LogP contribution in [-0.4, -0.2) is 8.42 Å². The lowest BCUT2D eigenvalue weighted by molar-refractivity contribution is 0.603.